The van der Waals surface area contributed by atoms with E-state index < -0.39 is 15.8 Å². The van der Waals surface area contributed by atoms with Crippen molar-refractivity contribution in [3.63, 3.8) is 0 Å². The molecule has 1 N–H and O–H groups in total. The highest BCUT2D eigenvalue weighted by molar-refractivity contribution is 7.89. The predicted octanol–water partition coefficient (Wildman–Crippen LogP) is 2.14. The Morgan fingerprint density at radius 1 is 1.17 bits per heavy atom. The molecule has 0 atom stereocenters. The minimum atomic E-state index is -3.82. The smallest absolute Gasteiger partial charge is 0.245 e. The van der Waals surface area contributed by atoms with E-state index in [-0.39, 0.29) is 22.6 Å². The number of nitrogens with one attached hydrogen (secondary N) is 1. The minimum absolute atomic E-state index is 0.0100. The predicted molar refractivity (Wildman–Crippen MR) is 111 cm³/mol. The maximum absolute atomic E-state index is 13.9. The summed E-state index contributed by atoms with van der Waals surface area (Å²) < 4.78 is 40.5. The molecule has 2 aliphatic heterocycles. The number of hydrogen-bond donors (Lipinski definition) is 1. The van der Waals surface area contributed by atoms with Crippen molar-refractivity contribution >= 4 is 21.8 Å². The lowest BCUT2D eigenvalue weighted by Gasteiger charge is -2.31. The molecular formula is C21H30FN3O4S. The molecule has 1 aromatic rings. The zero-order chi connectivity index (χ0) is 21.6. The summed E-state index contributed by atoms with van der Waals surface area (Å²) in [5.74, 6) is -0.260. The van der Waals surface area contributed by atoms with Crippen LogP contribution < -0.4 is 5.32 Å². The standard InChI is InChI=1S/C21H30FN3O4S/c22-18-5-1-2-6-19(18)30(28,29)25-15-10-17(11-16-25)8-9-20(26)23-12-4-14-24-13-3-7-21(24)27/h1-2,5-6,17H,3-4,7-16H2,(H,23,26). The molecule has 0 spiro atoms. The topological polar surface area (TPSA) is 86.8 Å². The highest BCUT2D eigenvalue weighted by atomic mass is 32.2. The van der Waals surface area contributed by atoms with Crippen LogP contribution in [0.15, 0.2) is 29.2 Å². The second-order valence-corrected chi connectivity index (χ2v) is 9.91. The van der Waals surface area contributed by atoms with E-state index in [9.17, 15) is 22.4 Å². The quantitative estimate of drug-likeness (QED) is 0.597. The van der Waals surface area contributed by atoms with Crippen LogP contribution in [0.1, 0.15) is 44.9 Å². The summed E-state index contributed by atoms with van der Waals surface area (Å²) in [6.45, 7) is 2.74. The average molecular weight is 440 g/mol. The van der Waals surface area contributed by atoms with Crippen LogP contribution in [0.2, 0.25) is 0 Å². The first-order valence-electron chi connectivity index (χ1n) is 10.7. The van der Waals surface area contributed by atoms with Crippen molar-refractivity contribution in [2.45, 2.75) is 49.8 Å². The molecule has 7 nitrogen and oxygen atoms in total. The van der Waals surface area contributed by atoms with Gasteiger partial charge in [0.2, 0.25) is 21.8 Å². The van der Waals surface area contributed by atoms with Crippen LogP contribution >= 0.6 is 0 Å². The third-order valence-electron chi connectivity index (χ3n) is 5.91. The van der Waals surface area contributed by atoms with Gasteiger partial charge in [0.1, 0.15) is 10.7 Å². The van der Waals surface area contributed by atoms with Gasteiger partial charge in [-0.2, -0.15) is 4.31 Å². The van der Waals surface area contributed by atoms with E-state index in [1.54, 1.807) is 0 Å². The molecule has 0 saturated carbocycles. The van der Waals surface area contributed by atoms with Gasteiger partial charge in [0.05, 0.1) is 0 Å². The normalized spacial score (nSPS) is 18.7. The summed E-state index contributed by atoms with van der Waals surface area (Å²) in [4.78, 5) is 25.2. The fourth-order valence-corrected chi connectivity index (χ4v) is 5.63. The summed E-state index contributed by atoms with van der Waals surface area (Å²) in [6.07, 6.45) is 4.76. The van der Waals surface area contributed by atoms with Crippen molar-refractivity contribution in [1.82, 2.24) is 14.5 Å². The first-order valence-corrected chi connectivity index (χ1v) is 12.1. The molecule has 2 aliphatic rings. The van der Waals surface area contributed by atoms with E-state index in [0.717, 1.165) is 25.5 Å². The number of halogens is 1. The fourth-order valence-electron chi connectivity index (χ4n) is 4.09. The number of nitrogens with zero attached hydrogens (tertiary/aromatic N) is 2. The van der Waals surface area contributed by atoms with E-state index >= 15 is 0 Å². The van der Waals surface area contributed by atoms with E-state index in [1.807, 2.05) is 4.90 Å². The number of likely N-dealkylation sites (tertiary alicyclic amines) is 1. The molecule has 9 heteroatoms. The Bertz CT molecular complexity index is 854. The van der Waals surface area contributed by atoms with Crippen LogP contribution in [0.4, 0.5) is 4.39 Å². The highest BCUT2D eigenvalue weighted by Crippen LogP contribution is 2.27. The average Bonchev–Trinajstić information content (AvgIpc) is 3.15. The molecule has 2 heterocycles. The molecule has 0 aliphatic carbocycles. The van der Waals surface area contributed by atoms with Gasteiger partial charge < -0.3 is 10.2 Å². The number of carbonyl (C=O) groups excluding carboxylic acids is 2. The zero-order valence-electron chi connectivity index (χ0n) is 17.2. The molecular weight excluding hydrogens is 409 g/mol. The Labute approximate surface area is 177 Å². The lowest BCUT2D eigenvalue weighted by Crippen LogP contribution is -2.39. The van der Waals surface area contributed by atoms with Crippen LogP contribution in [0, 0.1) is 11.7 Å². The Morgan fingerprint density at radius 3 is 2.57 bits per heavy atom. The third-order valence-corrected chi connectivity index (χ3v) is 7.84. The van der Waals surface area contributed by atoms with Gasteiger partial charge in [-0.1, -0.05) is 12.1 Å². The number of amides is 2. The lowest BCUT2D eigenvalue weighted by atomic mass is 9.93. The Balaban J connectivity index is 1.34. The molecule has 0 aromatic heterocycles. The van der Waals surface area contributed by atoms with Crippen LogP contribution in [0.5, 0.6) is 0 Å². The molecule has 0 radical (unpaired) electrons. The van der Waals surface area contributed by atoms with Gasteiger partial charge in [0, 0.05) is 45.6 Å². The molecule has 0 unspecified atom stereocenters. The maximum Gasteiger partial charge on any atom is 0.245 e. The molecule has 0 bridgehead atoms. The van der Waals surface area contributed by atoms with Gasteiger partial charge >= 0.3 is 0 Å². The van der Waals surface area contributed by atoms with Gasteiger partial charge in [-0.15, -0.1) is 0 Å². The van der Waals surface area contributed by atoms with Gasteiger partial charge in [-0.05, 0) is 50.2 Å². The third kappa shape index (κ3) is 5.78. The number of piperidine rings is 1. The monoisotopic (exact) mass is 439 g/mol. The summed E-state index contributed by atoms with van der Waals surface area (Å²) >= 11 is 0. The lowest BCUT2D eigenvalue weighted by molar-refractivity contribution is -0.127. The van der Waals surface area contributed by atoms with Crippen LogP contribution in [-0.2, 0) is 19.6 Å². The number of rotatable bonds is 9. The Morgan fingerprint density at radius 2 is 1.90 bits per heavy atom. The van der Waals surface area contributed by atoms with Gasteiger partial charge in [0.15, 0.2) is 0 Å². The second kappa shape index (κ2) is 10.3. The van der Waals surface area contributed by atoms with Crippen LogP contribution in [0.3, 0.4) is 0 Å². The molecule has 30 heavy (non-hydrogen) atoms. The number of sulfonamides is 1. The number of carbonyl (C=O) groups is 2. The maximum atomic E-state index is 13.9. The second-order valence-electron chi connectivity index (χ2n) is 8.00. The summed E-state index contributed by atoms with van der Waals surface area (Å²) in [5, 5.41) is 2.90. The van der Waals surface area contributed by atoms with Crippen LogP contribution in [-0.4, -0.2) is 62.2 Å². The van der Waals surface area contributed by atoms with Crippen molar-refractivity contribution in [1.29, 1.82) is 0 Å². The summed E-state index contributed by atoms with van der Waals surface area (Å²) in [6, 6.07) is 5.43. The van der Waals surface area contributed by atoms with Crippen molar-refractivity contribution in [2.24, 2.45) is 5.92 Å². The SMILES string of the molecule is O=C(CCC1CCN(S(=O)(=O)c2ccccc2F)CC1)NCCCN1CCCC1=O. The highest BCUT2D eigenvalue weighted by Gasteiger charge is 2.31. The van der Waals surface area contributed by atoms with Crippen LogP contribution in [0.25, 0.3) is 0 Å². The number of benzene rings is 1. The first-order chi connectivity index (χ1) is 14.4. The largest absolute Gasteiger partial charge is 0.356 e. The molecule has 3 rings (SSSR count). The summed E-state index contributed by atoms with van der Waals surface area (Å²) in [5.41, 5.74) is 0. The zero-order valence-corrected chi connectivity index (χ0v) is 18.0. The first kappa shape index (κ1) is 22.7. The molecule has 2 saturated heterocycles. The van der Waals surface area contributed by atoms with E-state index in [0.29, 0.717) is 58.3 Å². The van der Waals surface area contributed by atoms with Crippen molar-refractivity contribution in [3.8, 4) is 0 Å². The molecule has 1 aromatic carbocycles. The minimum Gasteiger partial charge on any atom is -0.356 e. The number of hydrogen-bond acceptors (Lipinski definition) is 4. The van der Waals surface area contributed by atoms with E-state index in [1.165, 1.54) is 22.5 Å². The van der Waals surface area contributed by atoms with E-state index in [2.05, 4.69) is 5.32 Å². The Hall–Kier alpha value is -2.00. The van der Waals surface area contributed by atoms with Crippen molar-refractivity contribution in [2.75, 3.05) is 32.7 Å². The fraction of sp³-hybridized carbons (Fsp3) is 0.619. The van der Waals surface area contributed by atoms with E-state index in [4.69, 9.17) is 0 Å². The molecule has 166 valence electrons. The Kier molecular flexibility index (Phi) is 7.82. The van der Waals surface area contributed by atoms with Crippen molar-refractivity contribution in [3.05, 3.63) is 30.1 Å². The van der Waals surface area contributed by atoms with Gasteiger partial charge in [-0.3, -0.25) is 9.59 Å². The molecule has 2 amide bonds. The summed E-state index contributed by atoms with van der Waals surface area (Å²) in [7, 11) is -3.82. The molecule has 2 fully saturated rings. The van der Waals surface area contributed by atoms with Crippen molar-refractivity contribution < 1.29 is 22.4 Å². The van der Waals surface area contributed by atoms with Gasteiger partial charge in [0.25, 0.3) is 0 Å². The van der Waals surface area contributed by atoms with Gasteiger partial charge in [-0.25, -0.2) is 12.8 Å².